The number of piperazine rings is 1. The lowest BCUT2D eigenvalue weighted by atomic mass is 10.1. The molecule has 5 nitrogen and oxygen atoms in total. The molecule has 1 aliphatic rings. The third-order valence-corrected chi connectivity index (χ3v) is 4.52. The van der Waals surface area contributed by atoms with Gasteiger partial charge in [0.2, 0.25) is 0 Å². The van der Waals surface area contributed by atoms with Crippen LogP contribution in [-0.2, 0) is 6.54 Å². The number of anilines is 1. The summed E-state index contributed by atoms with van der Waals surface area (Å²) in [6, 6.07) is 13.3. The minimum absolute atomic E-state index is 0.0303. The number of hydrazone groups is 1. The molecule has 0 unspecified atom stereocenters. The van der Waals surface area contributed by atoms with Crippen LogP contribution in [0.4, 0.5) is 14.5 Å². The Balaban J connectivity index is 1.63. The number of nitrogens with two attached hydrogens (primary N) is 1. The van der Waals surface area contributed by atoms with Gasteiger partial charge >= 0.3 is 0 Å². The van der Waals surface area contributed by atoms with Gasteiger partial charge in [-0.2, -0.15) is 5.10 Å². The number of halogens is 2. The van der Waals surface area contributed by atoms with Crippen LogP contribution in [0.2, 0.25) is 0 Å². The van der Waals surface area contributed by atoms with Gasteiger partial charge in [0, 0.05) is 38.3 Å². The predicted molar refractivity (Wildman–Crippen MR) is 108 cm³/mol. The van der Waals surface area contributed by atoms with Gasteiger partial charge in [0.15, 0.2) is 16.7 Å². The second kappa shape index (κ2) is 8.88. The molecule has 27 heavy (non-hydrogen) atoms. The highest BCUT2D eigenvalue weighted by molar-refractivity contribution is 7.80. The Morgan fingerprint density at radius 1 is 1.07 bits per heavy atom. The fraction of sp³-hybridized carbons (Fsp3) is 0.263. The van der Waals surface area contributed by atoms with E-state index in [0.29, 0.717) is 13.1 Å². The number of hydrogen-bond donors (Lipinski definition) is 2. The van der Waals surface area contributed by atoms with Crippen LogP contribution in [0, 0.1) is 11.6 Å². The molecule has 2 aromatic carbocycles. The zero-order valence-electron chi connectivity index (χ0n) is 14.7. The molecular weight excluding hydrogens is 368 g/mol. The Labute approximate surface area is 162 Å². The summed E-state index contributed by atoms with van der Waals surface area (Å²) in [5.74, 6) is -1.81. The topological polar surface area (TPSA) is 56.9 Å². The van der Waals surface area contributed by atoms with Gasteiger partial charge in [-0.3, -0.25) is 10.3 Å². The van der Waals surface area contributed by atoms with Crippen LogP contribution in [0.25, 0.3) is 0 Å². The highest BCUT2D eigenvalue weighted by Crippen LogP contribution is 2.25. The number of nitrogens with zero attached hydrogens (tertiary/aromatic N) is 3. The van der Waals surface area contributed by atoms with Crippen molar-refractivity contribution in [3.63, 3.8) is 0 Å². The van der Waals surface area contributed by atoms with E-state index in [9.17, 15) is 8.78 Å². The van der Waals surface area contributed by atoms with Gasteiger partial charge in [-0.25, -0.2) is 8.78 Å². The number of thiocarbonyl (C=S) groups is 1. The monoisotopic (exact) mass is 389 g/mol. The van der Waals surface area contributed by atoms with Crippen LogP contribution in [0.1, 0.15) is 11.1 Å². The van der Waals surface area contributed by atoms with E-state index in [-0.39, 0.29) is 16.4 Å². The molecular formula is C19H21F2N5S. The van der Waals surface area contributed by atoms with Gasteiger partial charge in [-0.1, -0.05) is 30.3 Å². The maximum atomic E-state index is 14.5. The minimum Gasteiger partial charge on any atom is -0.375 e. The SMILES string of the molecule is NC(=S)NN=Cc1ccc(N2CCN(Cc3ccccc3)CC2)c(F)c1F. The molecule has 2 aromatic rings. The van der Waals surface area contributed by atoms with Crippen molar-refractivity contribution in [3.8, 4) is 0 Å². The zero-order chi connectivity index (χ0) is 19.2. The van der Waals surface area contributed by atoms with E-state index in [1.807, 2.05) is 23.1 Å². The molecule has 3 N–H and O–H groups in total. The number of hydrogen-bond acceptors (Lipinski definition) is 4. The number of nitrogens with one attached hydrogen (secondary N) is 1. The number of rotatable bonds is 5. The highest BCUT2D eigenvalue weighted by Gasteiger charge is 2.22. The molecule has 0 radical (unpaired) electrons. The van der Waals surface area contributed by atoms with Gasteiger partial charge in [0.25, 0.3) is 0 Å². The molecule has 0 atom stereocenters. The smallest absolute Gasteiger partial charge is 0.184 e. The lowest BCUT2D eigenvalue weighted by molar-refractivity contribution is 0.249. The lowest BCUT2D eigenvalue weighted by Gasteiger charge is -2.36. The molecule has 142 valence electrons. The van der Waals surface area contributed by atoms with Crippen molar-refractivity contribution in [1.82, 2.24) is 10.3 Å². The second-order valence-electron chi connectivity index (χ2n) is 6.28. The largest absolute Gasteiger partial charge is 0.375 e. The van der Waals surface area contributed by atoms with Crippen LogP contribution in [0.15, 0.2) is 47.6 Å². The van der Waals surface area contributed by atoms with Gasteiger partial charge in [-0.05, 0) is 29.9 Å². The van der Waals surface area contributed by atoms with Crippen LogP contribution in [0.3, 0.4) is 0 Å². The van der Waals surface area contributed by atoms with E-state index in [2.05, 4.69) is 39.8 Å². The van der Waals surface area contributed by atoms with Crippen molar-refractivity contribution in [2.24, 2.45) is 10.8 Å². The first-order valence-corrected chi connectivity index (χ1v) is 9.03. The maximum absolute atomic E-state index is 14.5. The normalized spacial score (nSPS) is 15.3. The first-order chi connectivity index (χ1) is 13.0. The summed E-state index contributed by atoms with van der Waals surface area (Å²) in [4.78, 5) is 4.18. The number of benzene rings is 2. The summed E-state index contributed by atoms with van der Waals surface area (Å²) in [5.41, 5.74) is 9.10. The molecule has 0 bridgehead atoms. The molecule has 1 heterocycles. The van der Waals surface area contributed by atoms with E-state index in [4.69, 9.17) is 5.73 Å². The molecule has 1 saturated heterocycles. The molecule has 0 saturated carbocycles. The highest BCUT2D eigenvalue weighted by atomic mass is 32.1. The Morgan fingerprint density at radius 2 is 1.78 bits per heavy atom. The van der Waals surface area contributed by atoms with E-state index < -0.39 is 11.6 Å². The first kappa shape index (κ1) is 19.2. The minimum atomic E-state index is -0.937. The van der Waals surface area contributed by atoms with Gasteiger partial charge in [0.05, 0.1) is 11.9 Å². The maximum Gasteiger partial charge on any atom is 0.184 e. The lowest BCUT2D eigenvalue weighted by Crippen LogP contribution is -2.46. The average Bonchev–Trinajstić information content (AvgIpc) is 2.67. The third kappa shape index (κ3) is 4.99. The van der Waals surface area contributed by atoms with E-state index >= 15 is 0 Å². The van der Waals surface area contributed by atoms with Crippen molar-refractivity contribution in [1.29, 1.82) is 0 Å². The molecule has 0 aliphatic carbocycles. The van der Waals surface area contributed by atoms with Crippen LogP contribution >= 0.6 is 12.2 Å². The first-order valence-electron chi connectivity index (χ1n) is 8.62. The molecule has 1 aliphatic heterocycles. The molecule has 0 aromatic heterocycles. The predicted octanol–water partition coefficient (Wildman–Crippen LogP) is 2.45. The van der Waals surface area contributed by atoms with Crippen molar-refractivity contribution >= 4 is 29.2 Å². The van der Waals surface area contributed by atoms with Crippen molar-refractivity contribution in [2.45, 2.75) is 6.54 Å². The van der Waals surface area contributed by atoms with Crippen molar-refractivity contribution in [3.05, 3.63) is 65.2 Å². The standard InChI is InChI=1S/C19H21F2N5S/c20-17-15(12-23-24-19(22)27)6-7-16(18(17)21)26-10-8-25(9-11-26)13-14-4-2-1-3-5-14/h1-7,12H,8-11,13H2,(H3,22,24,27). The van der Waals surface area contributed by atoms with E-state index in [1.54, 1.807) is 6.07 Å². The molecule has 0 amide bonds. The van der Waals surface area contributed by atoms with Crippen LogP contribution in [-0.4, -0.2) is 42.4 Å². The molecule has 0 spiro atoms. The van der Waals surface area contributed by atoms with E-state index in [0.717, 1.165) is 25.8 Å². The quantitative estimate of drug-likeness (QED) is 0.467. The fourth-order valence-electron chi connectivity index (χ4n) is 3.05. The fourth-order valence-corrected chi connectivity index (χ4v) is 3.10. The van der Waals surface area contributed by atoms with Crippen LogP contribution in [0.5, 0.6) is 0 Å². The van der Waals surface area contributed by atoms with Crippen molar-refractivity contribution in [2.75, 3.05) is 31.1 Å². The molecule has 3 rings (SSSR count). The Hall–Kier alpha value is -2.58. The van der Waals surface area contributed by atoms with Gasteiger partial charge in [-0.15, -0.1) is 0 Å². The summed E-state index contributed by atoms with van der Waals surface area (Å²) in [6.45, 7) is 3.71. The summed E-state index contributed by atoms with van der Waals surface area (Å²) in [7, 11) is 0. The van der Waals surface area contributed by atoms with Gasteiger partial charge in [0.1, 0.15) is 0 Å². The van der Waals surface area contributed by atoms with Gasteiger partial charge < -0.3 is 10.6 Å². The second-order valence-corrected chi connectivity index (χ2v) is 6.72. The van der Waals surface area contributed by atoms with E-state index in [1.165, 1.54) is 11.6 Å². The molecule has 1 fully saturated rings. The molecule has 8 heteroatoms. The Kier molecular flexibility index (Phi) is 6.31. The Morgan fingerprint density at radius 3 is 2.44 bits per heavy atom. The van der Waals surface area contributed by atoms with Crippen molar-refractivity contribution < 1.29 is 8.78 Å². The summed E-state index contributed by atoms with van der Waals surface area (Å²) in [5, 5.41) is 3.62. The third-order valence-electron chi connectivity index (χ3n) is 4.43. The Bertz CT molecular complexity index is 820. The summed E-state index contributed by atoms with van der Waals surface area (Å²) >= 11 is 4.60. The summed E-state index contributed by atoms with van der Waals surface area (Å²) < 4.78 is 28.8. The zero-order valence-corrected chi connectivity index (χ0v) is 15.6. The average molecular weight is 389 g/mol. The summed E-state index contributed by atoms with van der Waals surface area (Å²) in [6.07, 6.45) is 1.15. The van der Waals surface area contributed by atoms with Crippen LogP contribution < -0.4 is 16.1 Å².